The molecule has 5 nitrogen and oxygen atoms in total. The van der Waals surface area contributed by atoms with E-state index in [0.717, 1.165) is 45.2 Å². The Hall–Kier alpha value is -0.650. The molecular formula is C17H33N3O2. The summed E-state index contributed by atoms with van der Waals surface area (Å²) in [4.78, 5) is 14.9. The maximum absolute atomic E-state index is 12.4. The Morgan fingerprint density at radius 1 is 1.27 bits per heavy atom. The Balaban J connectivity index is 1.80. The fourth-order valence-electron chi connectivity index (χ4n) is 3.91. The minimum atomic E-state index is -0.00874. The molecule has 0 radical (unpaired) electrons. The van der Waals surface area contributed by atoms with Crippen molar-refractivity contribution < 1.29 is 9.53 Å². The third kappa shape index (κ3) is 4.21. The molecule has 1 amide bonds. The number of hydrogen-bond acceptors (Lipinski definition) is 4. The third-order valence-corrected chi connectivity index (χ3v) is 5.63. The molecule has 128 valence electrons. The van der Waals surface area contributed by atoms with Crippen LogP contribution in [0.2, 0.25) is 0 Å². The second-order valence-electron chi connectivity index (χ2n) is 7.49. The van der Waals surface area contributed by atoms with E-state index in [9.17, 15) is 4.79 Å². The maximum atomic E-state index is 12.4. The largest absolute Gasteiger partial charge is 0.381 e. The lowest BCUT2D eigenvalue weighted by Crippen LogP contribution is -2.55. The molecule has 2 fully saturated rings. The summed E-state index contributed by atoms with van der Waals surface area (Å²) in [5.74, 6) is 0.702. The zero-order valence-electron chi connectivity index (χ0n) is 14.4. The van der Waals surface area contributed by atoms with Crippen LogP contribution in [0.5, 0.6) is 0 Å². The average Bonchev–Trinajstić information content (AvgIpc) is 3.01. The van der Waals surface area contributed by atoms with Crippen LogP contribution in [0.4, 0.5) is 0 Å². The molecule has 1 saturated carbocycles. The van der Waals surface area contributed by atoms with Crippen molar-refractivity contribution in [2.75, 3.05) is 33.3 Å². The van der Waals surface area contributed by atoms with E-state index in [4.69, 9.17) is 10.5 Å². The Labute approximate surface area is 134 Å². The van der Waals surface area contributed by atoms with Crippen LogP contribution in [-0.4, -0.2) is 55.7 Å². The Morgan fingerprint density at radius 2 is 1.95 bits per heavy atom. The lowest BCUT2D eigenvalue weighted by Gasteiger charge is -2.43. The number of nitrogens with one attached hydrogen (secondary N) is 1. The second-order valence-corrected chi connectivity index (χ2v) is 7.49. The third-order valence-electron chi connectivity index (χ3n) is 5.63. The van der Waals surface area contributed by atoms with Crippen LogP contribution in [0.3, 0.4) is 0 Å². The summed E-state index contributed by atoms with van der Waals surface area (Å²) in [5, 5.41) is 3.18. The Kier molecular flexibility index (Phi) is 6.24. The number of likely N-dealkylation sites (tertiary alicyclic amines) is 1. The highest BCUT2D eigenvalue weighted by molar-refractivity contribution is 5.79. The molecule has 1 aliphatic heterocycles. The molecule has 1 heterocycles. The van der Waals surface area contributed by atoms with Crippen LogP contribution in [-0.2, 0) is 9.53 Å². The molecule has 2 rings (SSSR count). The van der Waals surface area contributed by atoms with E-state index in [1.54, 1.807) is 7.11 Å². The SMILES string of the molecule is COC1CCN(C(C)(C)CNC(=O)[C@@H]2CCC[C@@H]2CN)CC1. The van der Waals surface area contributed by atoms with Gasteiger partial charge in [-0.05, 0) is 52.0 Å². The normalized spacial score (nSPS) is 28.0. The van der Waals surface area contributed by atoms with Gasteiger partial charge in [-0.15, -0.1) is 0 Å². The highest BCUT2D eigenvalue weighted by Crippen LogP contribution is 2.31. The summed E-state index contributed by atoms with van der Waals surface area (Å²) in [6.45, 7) is 7.85. The van der Waals surface area contributed by atoms with Crippen LogP contribution < -0.4 is 11.1 Å². The van der Waals surface area contributed by atoms with Crippen molar-refractivity contribution in [1.29, 1.82) is 0 Å². The van der Waals surface area contributed by atoms with Gasteiger partial charge in [0.05, 0.1) is 6.10 Å². The van der Waals surface area contributed by atoms with E-state index >= 15 is 0 Å². The fraction of sp³-hybridized carbons (Fsp3) is 0.941. The van der Waals surface area contributed by atoms with E-state index in [0.29, 0.717) is 25.1 Å². The maximum Gasteiger partial charge on any atom is 0.223 e. The molecule has 3 N–H and O–H groups in total. The van der Waals surface area contributed by atoms with Gasteiger partial charge in [-0.3, -0.25) is 9.69 Å². The number of carbonyl (C=O) groups is 1. The predicted molar refractivity (Wildman–Crippen MR) is 88.6 cm³/mol. The van der Waals surface area contributed by atoms with Crippen molar-refractivity contribution in [3.8, 4) is 0 Å². The Bertz CT molecular complexity index is 365. The second kappa shape index (κ2) is 7.75. The lowest BCUT2D eigenvalue weighted by molar-refractivity contribution is -0.126. The molecule has 2 aliphatic rings. The molecule has 0 aromatic heterocycles. The zero-order chi connectivity index (χ0) is 16.2. The molecule has 0 aromatic rings. The van der Waals surface area contributed by atoms with Gasteiger partial charge in [0, 0.05) is 38.2 Å². The number of nitrogens with two attached hydrogens (primary N) is 1. The fourth-order valence-corrected chi connectivity index (χ4v) is 3.91. The highest BCUT2D eigenvalue weighted by Gasteiger charge is 2.34. The van der Waals surface area contributed by atoms with Gasteiger partial charge in [-0.2, -0.15) is 0 Å². The number of methoxy groups -OCH3 is 1. The van der Waals surface area contributed by atoms with Crippen LogP contribution in [0, 0.1) is 11.8 Å². The molecule has 1 saturated heterocycles. The zero-order valence-corrected chi connectivity index (χ0v) is 14.4. The van der Waals surface area contributed by atoms with Crippen molar-refractivity contribution in [3.05, 3.63) is 0 Å². The first-order valence-corrected chi connectivity index (χ1v) is 8.73. The van der Waals surface area contributed by atoms with E-state index in [2.05, 4.69) is 24.1 Å². The quantitative estimate of drug-likeness (QED) is 0.777. The van der Waals surface area contributed by atoms with Gasteiger partial charge < -0.3 is 15.8 Å². The summed E-state index contributed by atoms with van der Waals surface area (Å²) in [5.41, 5.74) is 5.78. The van der Waals surface area contributed by atoms with Crippen molar-refractivity contribution >= 4 is 5.91 Å². The molecular weight excluding hydrogens is 278 g/mol. The first kappa shape index (κ1) is 17.7. The van der Waals surface area contributed by atoms with Crippen LogP contribution in [0.15, 0.2) is 0 Å². The monoisotopic (exact) mass is 311 g/mol. The van der Waals surface area contributed by atoms with E-state index in [1.165, 1.54) is 0 Å². The van der Waals surface area contributed by atoms with Crippen molar-refractivity contribution in [3.63, 3.8) is 0 Å². The van der Waals surface area contributed by atoms with Crippen molar-refractivity contribution in [2.45, 2.75) is 57.6 Å². The smallest absolute Gasteiger partial charge is 0.223 e. The summed E-state index contributed by atoms with van der Waals surface area (Å²) >= 11 is 0. The molecule has 0 aromatic carbocycles. The number of carbonyl (C=O) groups excluding carboxylic acids is 1. The van der Waals surface area contributed by atoms with Crippen LogP contribution >= 0.6 is 0 Å². The first-order chi connectivity index (χ1) is 10.5. The minimum absolute atomic E-state index is 0.00874. The molecule has 0 spiro atoms. The topological polar surface area (TPSA) is 67.6 Å². The predicted octanol–water partition coefficient (Wildman–Crippen LogP) is 1.37. The molecule has 0 unspecified atom stereocenters. The van der Waals surface area contributed by atoms with E-state index < -0.39 is 0 Å². The van der Waals surface area contributed by atoms with Gasteiger partial charge in [0.1, 0.15) is 0 Å². The lowest BCUT2D eigenvalue weighted by atomic mass is 9.94. The standard InChI is InChI=1S/C17H33N3O2/c1-17(2,20-9-7-14(22-3)8-10-20)12-19-16(21)15-6-4-5-13(15)11-18/h13-15H,4-12,18H2,1-3H3,(H,19,21)/t13-,15-/m1/s1. The van der Waals surface area contributed by atoms with Gasteiger partial charge >= 0.3 is 0 Å². The van der Waals surface area contributed by atoms with Crippen molar-refractivity contribution in [1.82, 2.24) is 10.2 Å². The molecule has 1 aliphatic carbocycles. The number of hydrogen-bond donors (Lipinski definition) is 2. The molecule has 22 heavy (non-hydrogen) atoms. The molecule has 5 heteroatoms. The number of amides is 1. The minimum Gasteiger partial charge on any atom is -0.381 e. The van der Waals surface area contributed by atoms with Gasteiger partial charge in [0.2, 0.25) is 5.91 Å². The molecule has 0 bridgehead atoms. The summed E-state index contributed by atoms with van der Waals surface area (Å²) in [6, 6.07) is 0. The highest BCUT2D eigenvalue weighted by atomic mass is 16.5. The summed E-state index contributed by atoms with van der Waals surface area (Å²) in [6.07, 6.45) is 5.77. The number of nitrogens with zero attached hydrogens (tertiary/aromatic N) is 1. The van der Waals surface area contributed by atoms with Gasteiger partial charge in [-0.1, -0.05) is 6.42 Å². The van der Waals surface area contributed by atoms with Crippen LogP contribution in [0.25, 0.3) is 0 Å². The van der Waals surface area contributed by atoms with E-state index in [1.807, 2.05) is 0 Å². The van der Waals surface area contributed by atoms with Gasteiger partial charge in [0.25, 0.3) is 0 Å². The van der Waals surface area contributed by atoms with Gasteiger partial charge in [-0.25, -0.2) is 0 Å². The summed E-state index contributed by atoms with van der Waals surface area (Å²) in [7, 11) is 1.79. The average molecular weight is 311 g/mol. The number of rotatable bonds is 6. The summed E-state index contributed by atoms with van der Waals surface area (Å²) < 4.78 is 5.43. The van der Waals surface area contributed by atoms with Gasteiger partial charge in [0.15, 0.2) is 0 Å². The van der Waals surface area contributed by atoms with E-state index in [-0.39, 0.29) is 17.4 Å². The van der Waals surface area contributed by atoms with Crippen LogP contribution in [0.1, 0.15) is 46.0 Å². The number of piperidine rings is 1. The number of ether oxygens (including phenoxy) is 1. The molecule has 2 atom stereocenters. The first-order valence-electron chi connectivity index (χ1n) is 8.73. The van der Waals surface area contributed by atoms with Crippen molar-refractivity contribution in [2.24, 2.45) is 17.6 Å². The Morgan fingerprint density at radius 3 is 2.55 bits per heavy atom.